The minimum Gasteiger partial charge on any atom is -0.497 e. The van der Waals surface area contributed by atoms with Crippen molar-refractivity contribution < 1.29 is 4.74 Å². The Morgan fingerprint density at radius 3 is 2.50 bits per heavy atom. The lowest BCUT2D eigenvalue weighted by molar-refractivity contribution is 0.415. The largest absolute Gasteiger partial charge is 0.497 e. The smallest absolute Gasteiger partial charge is 0.254 e. The third-order valence-electron chi connectivity index (χ3n) is 2.90. The monoisotopic (exact) mass is 244 g/mol. The topological polar surface area (TPSA) is 55.0 Å². The van der Waals surface area contributed by atoms with Crippen molar-refractivity contribution in [3.05, 3.63) is 46.0 Å². The number of hydrogen-bond donors (Lipinski definition) is 1. The van der Waals surface area contributed by atoms with Crippen LogP contribution in [-0.4, -0.2) is 17.1 Å². The van der Waals surface area contributed by atoms with Crippen LogP contribution in [0, 0.1) is 6.92 Å². The lowest BCUT2D eigenvalue weighted by atomic mass is 10.1. The molecule has 1 aromatic carbocycles. The summed E-state index contributed by atoms with van der Waals surface area (Å²) in [6.07, 6.45) is 0.707. The molecule has 0 aliphatic carbocycles. The molecule has 18 heavy (non-hydrogen) atoms. The second-order valence-electron chi connectivity index (χ2n) is 4.07. The number of H-pyrrole nitrogens is 1. The summed E-state index contributed by atoms with van der Waals surface area (Å²) in [6, 6.07) is 7.55. The van der Waals surface area contributed by atoms with Crippen LogP contribution in [0.2, 0.25) is 0 Å². The molecule has 1 heterocycles. The van der Waals surface area contributed by atoms with Crippen LogP contribution in [0.5, 0.6) is 5.75 Å². The zero-order valence-electron chi connectivity index (χ0n) is 10.8. The number of hydrogen-bond acceptors (Lipinski definition) is 3. The summed E-state index contributed by atoms with van der Waals surface area (Å²) < 4.78 is 5.12. The number of rotatable bonds is 3. The summed E-state index contributed by atoms with van der Waals surface area (Å²) in [5.41, 5.74) is 2.22. The fourth-order valence-corrected chi connectivity index (χ4v) is 1.78. The molecule has 94 valence electrons. The molecular weight excluding hydrogens is 228 g/mol. The van der Waals surface area contributed by atoms with Crippen LogP contribution in [0.25, 0.3) is 11.3 Å². The highest BCUT2D eigenvalue weighted by atomic mass is 16.5. The second kappa shape index (κ2) is 5.04. The molecule has 0 fully saturated rings. The molecule has 4 heteroatoms. The number of aromatic amines is 1. The van der Waals surface area contributed by atoms with Gasteiger partial charge in [-0.2, -0.15) is 0 Å². The van der Waals surface area contributed by atoms with Crippen molar-refractivity contribution in [1.29, 1.82) is 0 Å². The lowest BCUT2D eigenvalue weighted by Gasteiger charge is -2.07. The van der Waals surface area contributed by atoms with Gasteiger partial charge in [-0.1, -0.05) is 6.92 Å². The first-order chi connectivity index (χ1) is 8.65. The Bertz CT molecular complexity index is 600. The molecule has 0 radical (unpaired) electrons. The average molecular weight is 244 g/mol. The highest BCUT2D eigenvalue weighted by molar-refractivity contribution is 5.63. The highest BCUT2D eigenvalue weighted by Crippen LogP contribution is 2.21. The van der Waals surface area contributed by atoms with Gasteiger partial charge in [-0.15, -0.1) is 0 Å². The van der Waals surface area contributed by atoms with Gasteiger partial charge < -0.3 is 9.72 Å². The van der Waals surface area contributed by atoms with Crippen molar-refractivity contribution in [2.75, 3.05) is 7.11 Å². The maximum atomic E-state index is 11.8. The summed E-state index contributed by atoms with van der Waals surface area (Å²) in [6.45, 7) is 3.75. The van der Waals surface area contributed by atoms with E-state index in [4.69, 9.17) is 4.74 Å². The number of benzene rings is 1. The molecule has 4 nitrogen and oxygen atoms in total. The number of methoxy groups -OCH3 is 1. The highest BCUT2D eigenvalue weighted by Gasteiger charge is 2.09. The fraction of sp³-hybridized carbons (Fsp3) is 0.286. The van der Waals surface area contributed by atoms with Crippen molar-refractivity contribution in [2.45, 2.75) is 20.3 Å². The molecule has 2 aromatic rings. The van der Waals surface area contributed by atoms with Crippen LogP contribution in [-0.2, 0) is 6.42 Å². The zero-order chi connectivity index (χ0) is 13.1. The molecule has 1 aromatic heterocycles. The molecule has 0 atom stereocenters. The molecule has 0 aliphatic heterocycles. The Hall–Kier alpha value is -2.10. The van der Waals surface area contributed by atoms with Gasteiger partial charge in [0.15, 0.2) is 0 Å². The van der Waals surface area contributed by atoms with Crippen LogP contribution >= 0.6 is 0 Å². The molecule has 0 saturated carbocycles. The SMILES string of the molecule is CCc1nc(-c2ccc(OC)cc2)c(C)c(=O)[nH]1. The maximum Gasteiger partial charge on any atom is 0.254 e. The molecule has 1 N–H and O–H groups in total. The van der Waals surface area contributed by atoms with Crippen LogP contribution in [0.15, 0.2) is 29.1 Å². The van der Waals surface area contributed by atoms with Crippen molar-refractivity contribution in [1.82, 2.24) is 9.97 Å². The Labute approximate surface area is 106 Å². The standard InChI is InChI=1S/C14H16N2O2/c1-4-12-15-13(9(2)14(17)16-12)10-5-7-11(18-3)8-6-10/h5-8H,4H2,1-3H3,(H,15,16,17). The summed E-state index contributed by atoms with van der Waals surface area (Å²) in [7, 11) is 1.63. The van der Waals surface area contributed by atoms with E-state index >= 15 is 0 Å². The van der Waals surface area contributed by atoms with Gasteiger partial charge in [-0.05, 0) is 31.2 Å². The summed E-state index contributed by atoms with van der Waals surface area (Å²) in [5, 5.41) is 0. The van der Waals surface area contributed by atoms with Crippen LogP contribution in [0.1, 0.15) is 18.3 Å². The predicted molar refractivity (Wildman–Crippen MR) is 71.0 cm³/mol. The fourth-order valence-electron chi connectivity index (χ4n) is 1.78. The van der Waals surface area contributed by atoms with E-state index < -0.39 is 0 Å². The van der Waals surface area contributed by atoms with E-state index in [-0.39, 0.29) is 5.56 Å². The van der Waals surface area contributed by atoms with E-state index in [9.17, 15) is 4.79 Å². The maximum absolute atomic E-state index is 11.8. The number of aromatic nitrogens is 2. The quantitative estimate of drug-likeness (QED) is 0.901. The molecule has 0 bridgehead atoms. The van der Waals surface area contributed by atoms with Crippen LogP contribution in [0.4, 0.5) is 0 Å². The van der Waals surface area contributed by atoms with E-state index in [2.05, 4.69) is 9.97 Å². The van der Waals surface area contributed by atoms with Crippen molar-refractivity contribution >= 4 is 0 Å². The molecular formula is C14H16N2O2. The van der Waals surface area contributed by atoms with Crippen molar-refractivity contribution in [3.63, 3.8) is 0 Å². The third-order valence-corrected chi connectivity index (χ3v) is 2.90. The van der Waals surface area contributed by atoms with Crippen LogP contribution < -0.4 is 10.3 Å². The predicted octanol–water partition coefficient (Wildman–Crippen LogP) is 2.32. The van der Waals surface area contributed by atoms with Gasteiger partial charge in [0, 0.05) is 17.5 Å². The molecule has 0 saturated heterocycles. The molecule has 0 aliphatic rings. The van der Waals surface area contributed by atoms with Gasteiger partial charge in [-0.3, -0.25) is 4.79 Å². The van der Waals surface area contributed by atoms with E-state index in [0.29, 0.717) is 17.8 Å². The number of nitrogens with one attached hydrogen (secondary N) is 1. The zero-order valence-corrected chi connectivity index (χ0v) is 10.8. The number of ether oxygens (including phenoxy) is 1. The third kappa shape index (κ3) is 2.27. The van der Waals surface area contributed by atoms with Gasteiger partial charge in [0.2, 0.25) is 0 Å². The first-order valence-corrected chi connectivity index (χ1v) is 5.90. The van der Waals surface area contributed by atoms with E-state index in [1.54, 1.807) is 14.0 Å². The van der Waals surface area contributed by atoms with Crippen LogP contribution in [0.3, 0.4) is 0 Å². The van der Waals surface area contributed by atoms with Crippen molar-refractivity contribution in [3.8, 4) is 17.0 Å². The summed E-state index contributed by atoms with van der Waals surface area (Å²) in [4.78, 5) is 19.0. The Morgan fingerprint density at radius 1 is 1.28 bits per heavy atom. The average Bonchev–Trinajstić information content (AvgIpc) is 2.42. The molecule has 0 spiro atoms. The van der Waals surface area contributed by atoms with Crippen molar-refractivity contribution in [2.24, 2.45) is 0 Å². The van der Waals surface area contributed by atoms with E-state index in [1.807, 2.05) is 31.2 Å². The van der Waals surface area contributed by atoms with Gasteiger partial charge in [-0.25, -0.2) is 4.98 Å². The lowest BCUT2D eigenvalue weighted by Crippen LogP contribution is -2.15. The number of aryl methyl sites for hydroxylation is 1. The summed E-state index contributed by atoms with van der Waals surface area (Å²) in [5.74, 6) is 1.49. The Morgan fingerprint density at radius 2 is 1.94 bits per heavy atom. The molecule has 0 amide bonds. The van der Waals surface area contributed by atoms with E-state index in [0.717, 1.165) is 17.0 Å². The van der Waals surface area contributed by atoms with Gasteiger partial charge in [0.1, 0.15) is 11.6 Å². The number of nitrogens with zero attached hydrogens (tertiary/aromatic N) is 1. The minimum atomic E-state index is -0.0762. The normalized spacial score (nSPS) is 10.4. The summed E-state index contributed by atoms with van der Waals surface area (Å²) >= 11 is 0. The molecule has 0 unspecified atom stereocenters. The second-order valence-corrected chi connectivity index (χ2v) is 4.07. The Kier molecular flexibility index (Phi) is 3.46. The first-order valence-electron chi connectivity index (χ1n) is 5.90. The minimum absolute atomic E-state index is 0.0762. The van der Waals surface area contributed by atoms with E-state index in [1.165, 1.54) is 0 Å². The Balaban J connectivity index is 2.55. The van der Waals surface area contributed by atoms with Gasteiger partial charge in [0.25, 0.3) is 5.56 Å². The first kappa shape index (κ1) is 12.4. The molecule has 2 rings (SSSR count). The van der Waals surface area contributed by atoms with Gasteiger partial charge in [0.05, 0.1) is 12.8 Å². The van der Waals surface area contributed by atoms with Gasteiger partial charge >= 0.3 is 0 Å².